The maximum atomic E-state index is 11.4. The van der Waals surface area contributed by atoms with E-state index >= 15 is 0 Å². The lowest BCUT2D eigenvalue weighted by Crippen LogP contribution is -2.57. The summed E-state index contributed by atoms with van der Waals surface area (Å²) in [5, 5.41) is 19.7. The van der Waals surface area contributed by atoms with Crippen LogP contribution in [0.3, 0.4) is 0 Å². The van der Waals surface area contributed by atoms with Crippen molar-refractivity contribution < 1.29 is 18.6 Å². The number of nitrogens with zero attached hydrogens (tertiary/aromatic N) is 3. The molecule has 0 saturated carbocycles. The zero-order valence-electron chi connectivity index (χ0n) is 19.2. The molecule has 2 aliphatic heterocycles. The quantitative estimate of drug-likeness (QED) is 0.556. The Hall–Kier alpha value is -0.250. The lowest BCUT2D eigenvalue weighted by molar-refractivity contribution is -0.0779. The molecule has 7 nitrogen and oxygen atoms in total. The van der Waals surface area contributed by atoms with Gasteiger partial charge < -0.3 is 10.2 Å². The number of hydrogen-bond donors (Lipinski definition) is 2. The van der Waals surface area contributed by atoms with Crippen molar-refractivity contribution in [2.24, 2.45) is 0 Å². The van der Waals surface area contributed by atoms with Crippen molar-refractivity contribution in [2.75, 3.05) is 64.4 Å². The second-order valence-corrected chi connectivity index (χ2v) is 12.7. The van der Waals surface area contributed by atoms with Gasteiger partial charge in [-0.1, -0.05) is 0 Å². The van der Waals surface area contributed by atoms with E-state index in [0.717, 1.165) is 52.1 Å². The Morgan fingerprint density at radius 3 is 1.72 bits per heavy atom. The Balaban J connectivity index is 1.80. The summed E-state index contributed by atoms with van der Waals surface area (Å²) in [7, 11) is -2.90. The molecule has 0 aromatic carbocycles. The first-order valence-corrected chi connectivity index (χ1v) is 13.1. The third-order valence-electron chi connectivity index (χ3n) is 7.20. The van der Waals surface area contributed by atoms with Crippen LogP contribution in [0.1, 0.15) is 53.4 Å². The number of rotatable bonds is 9. The highest BCUT2D eigenvalue weighted by molar-refractivity contribution is 7.90. The van der Waals surface area contributed by atoms with Crippen molar-refractivity contribution in [3.63, 3.8) is 0 Å². The predicted octanol–water partition coefficient (Wildman–Crippen LogP) is 0.805. The SMILES string of the molecule is CC(C)(CCC(C)(C)N1CCC(O)(CO)CC1)N1CCN(CCS(C)(=O)=O)CC1. The molecule has 0 radical (unpaired) electrons. The second kappa shape index (κ2) is 9.49. The van der Waals surface area contributed by atoms with E-state index in [2.05, 4.69) is 42.4 Å². The number of likely N-dealkylation sites (tertiary alicyclic amines) is 1. The molecule has 2 fully saturated rings. The summed E-state index contributed by atoms with van der Waals surface area (Å²) in [5.74, 6) is 0.242. The summed E-state index contributed by atoms with van der Waals surface area (Å²) in [6.45, 7) is 15.1. The largest absolute Gasteiger partial charge is 0.393 e. The molecule has 2 heterocycles. The standard InChI is InChI=1S/C21H43N3O4S/c1-19(2,23-10-8-21(26,18-25)9-11-23)6-7-20(3,4)24-14-12-22(13-15-24)16-17-29(5,27)28/h25-26H,6-18H2,1-5H3. The molecule has 0 atom stereocenters. The van der Waals surface area contributed by atoms with E-state index in [0.29, 0.717) is 19.4 Å². The Bertz CT molecular complexity index is 620. The Labute approximate surface area is 178 Å². The van der Waals surface area contributed by atoms with E-state index in [-0.39, 0.29) is 23.4 Å². The fourth-order valence-electron chi connectivity index (χ4n) is 4.49. The van der Waals surface area contributed by atoms with Crippen LogP contribution in [0.2, 0.25) is 0 Å². The molecule has 2 saturated heterocycles. The highest BCUT2D eigenvalue weighted by Gasteiger charge is 2.38. The van der Waals surface area contributed by atoms with Gasteiger partial charge in [0.2, 0.25) is 0 Å². The van der Waals surface area contributed by atoms with Crippen molar-refractivity contribution in [3.8, 4) is 0 Å². The van der Waals surface area contributed by atoms with E-state index in [1.54, 1.807) is 0 Å². The summed E-state index contributed by atoms with van der Waals surface area (Å²) in [5.41, 5.74) is -0.740. The normalized spacial score (nSPS) is 23.4. The molecule has 0 unspecified atom stereocenters. The smallest absolute Gasteiger partial charge is 0.148 e. The molecular weight excluding hydrogens is 390 g/mol. The third-order valence-corrected chi connectivity index (χ3v) is 8.12. The average molecular weight is 434 g/mol. The lowest BCUT2D eigenvalue weighted by atomic mass is 9.84. The zero-order chi connectivity index (χ0) is 21.9. The van der Waals surface area contributed by atoms with E-state index in [1.165, 1.54) is 6.26 Å². The molecule has 2 rings (SSSR count). The highest BCUT2D eigenvalue weighted by Crippen LogP contribution is 2.32. The van der Waals surface area contributed by atoms with Gasteiger partial charge in [-0.2, -0.15) is 0 Å². The van der Waals surface area contributed by atoms with Crippen LogP contribution in [-0.4, -0.2) is 114 Å². The van der Waals surface area contributed by atoms with E-state index in [9.17, 15) is 18.6 Å². The predicted molar refractivity (Wildman–Crippen MR) is 118 cm³/mol. The van der Waals surface area contributed by atoms with Gasteiger partial charge in [0.15, 0.2) is 0 Å². The Kier molecular flexibility index (Phi) is 8.18. The summed E-state index contributed by atoms with van der Waals surface area (Å²) in [6, 6.07) is 0. The highest BCUT2D eigenvalue weighted by atomic mass is 32.2. The molecule has 0 amide bonds. The number of hydrogen-bond acceptors (Lipinski definition) is 7. The summed E-state index contributed by atoms with van der Waals surface area (Å²) < 4.78 is 22.8. The van der Waals surface area contributed by atoms with Crippen molar-refractivity contribution in [1.82, 2.24) is 14.7 Å². The van der Waals surface area contributed by atoms with Crippen LogP contribution < -0.4 is 0 Å². The summed E-state index contributed by atoms with van der Waals surface area (Å²) in [4.78, 5) is 7.25. The fraction of sp³-hybridized carbons (Fsp3) is 1.00. The first-order valence-electron chi connectivity index (χ1n) is 11.0. The van der Waals surface area contributed by atoms with Crippen molar-refractivity contribution >= 4 is 9.84 Å². The summed E-state index contributed by atoms with van der Waals surface area (Å²) >= 11 is 0. The zero-order valence-corrected chi connectivity index (χ0v) is 20.0. The Morgan fingerprint density at radius 2 is 1.31 bits per heavy atom. The number of aliphatic hydroxyl groups is 2. The van der Waals surface area contributed by atoms with Gasteiger partial charge in [-0.25, -0.2) is 8.42 Å². The minimum absolute atomic E-state index is 0.0609. The maximum Gasteiger partial charge on any atom is 0.148 e. The molecule has 172 valence electrons. The molecule has 2 N–H and O–H groups in total. The molecular formula is C21H43N3O4S. The van der Waals surface area contributed by atoms with Gasteiger partial charge in [0.25, 0.3) is 0 Å². The first-order chi connectivity index (χ1) is 13.3. The fourth-order valence-corrected chi connectivity index (χ4v) is 5.08. The number of sulfone groups is 1. The van der Waals surface area contributed by atoms with Crippen molar-refractivity contribution in [1.29, 1.82) is 0 Å². The van der Waals surface area contributed by atoms with Crippen molar-refractivity contribution in [3.05, 3.63) is 0 Å². The minimum atomic E-state index is -2.90. The average Bonchev–Trinajstić information content (AvgIpc) is 2.65. The van der Waals surface area contributed by atoms with Crippen LogP contribution in [0.25, 0.3) is 0 Å². The first kappa shape index (κ1) is 25.0. The third kappa shape index (κ3) is 7.43. The van der Waals surface area contributed by atoms with Gasteiger partial charge >= 0.3 is 0 Å². The van der Waals surface area contributed by atoms with Gasteiger partial charge in [0.1, 0.15) is 9.84 Å². The van der Waals surface area contributed by atoms with Crippen LogP contribution >= 0.6 is 0 Å². The number of aliphatic hydroxyl groups excluding tert-OH is 1. The van der Waals surface area contributed by atoms with Crippen LogP contribution in [0.4, 0.5) is 0 Å². The lowest BCUT2D eigenvalue weighted by Gasteiger charge is -2.48. The molecule has 0 aromatic rings. The molecule has 0 aliphatic carbocycles. The summed E-state index contributed by atoms with van der Waals surface area (Å²) in [6.07, 6.45) is 4.73. The van der Waals surface area contributed by atoms with Crippen LogP contribution in [0, 0.1) is 0 Å². The second-order valence-electron chi connectivity index (χ2n) is 10.5. The van der Waals surface area contributed by atoms with Gasteiger partial charge in [-0.05, 0) is 53.4 Å². The van der Waals surface area contributed by atoms with Gasteiger partial charge in [0.05, 0.1) is 18.0 Å². The van der Waals surface area contributed by atoms with E-state index < -0.39 is 15.4 Å². The monoisotopic (exact) mass is 433 g/mol. The molecule has 8 heteroatoms. The van der Waals surface area contributed by atoms with Gasteiger partial charge in [-0.3, -0.25) is 14.7 Å². The molecule has 2 aliphatic rings. The molecule has 29 heavy (non-hydrogen) atoms. The van der Waals surface area contributed by atoms with Gasteiger partial charge in [-0.15, -0.1) is 0 Å². The van der Waals surface area contributed by atoms with Crippen molar-refractivity contribution in [2.45, 2.75) is 70.1 Å². The van der Waals surface area contributed by atoms with Crippen LogP contribution in [0.5, 0.6) is 0 Å². The minimum Gasteiger partial charge on any atom is -0.393 e. The topological polar surface area (TPSA) is 84.3 Å². The molecule has 0 bridgehead atoms. The number of piperazine rings is 1. The van der Waals surface area contributed by atoms with Crippen LogP contribution in [-0.2, 0) is 9.84 Å². The van der Waals surface area contributed by atoms with E-state index in [4.69, 9.17) is 0 Å². The van der Waals surface area contributed by atoms with Gasteiger partial charge in [0, 0.05) is 63.1 Å². The number of piperidine rings is 1. The molecule has 0 aromatic heterocycles. The van der Waals surface area contributed by atoms with Crippen LogP contribution in [0.15, 0.2) is 0 Å². The maximum absolute atomic E-state index is 11.4. The molecule has 0 spiro atoms. The Morgan fingerprint density at radius 1 is 0.862 bits per heavy atom. The van der Waals surface area contributed by atoms with E-state index in [1.807, 2.05) is 0 Å².